The minimum Gasteiger partial charge on any atom is -0.870 e. The van der Waals surface area contributed by atoms with Crippen LogP contribution in [0.15, 0.2) is 12.3 Å². The summed E-state index contributed by atoms with van der Waals surface area (Å²) in [6.07, 6.45) is 25.5. The van der Waals surface area contributed by atoms with Crippen molar-refractivity contribution in [2.24, 2.45) is 0 Å². The van der Waals surface area contributed by atoms with E-state index >= 15 is 0 Å². The lowest BCUT2D eigenvalue weighted by Gasteiger charge is -2.02. The summed E-state index contributed by atoms with van der Waals surface area (Å²) in [6.45, 7) is 2.29. The summed E-state index contributed by atoms with van der Waals surface area (Å²) in [5, 5.41) is 0. The van der Waals surface area contributed by atoms with Crippen molar-refractivity contribution in [1.29, 1.82) is 0 Å². The molecule has 4 N–H and O–H groups in total. The topological polar surface area (TPSA) is 57.6 Å². The Hall–Kier alpha value is -0.340. The third kappa shape index (κ3) is 20.0. The molecule has 0 radical (unpaired) electrons. The molecule has 0 aromatic carbocycles. The van der Waals surface area contributed by atoms with Gasteiger partial charge in [0, 0.05) is 0 Å². The van der Waals surface area contributed by atoms with Crippen molar-refractivity contribution in [2.45, 2.75) is 103 Å². The van der Waals surface area contributed by atoms with E-state index in [1.807, 2.05) is 6.20 Å². The number of hydrogen-bond acceptors (Lipinski definition) is 1. The maximum atomic E-state index is 3.71. The largest absolute Gasteiger partial charge is 0.870 e. The molecule has 0 saturated heterocycles. The van der Waals surface area contributed by atoms with Gasteiger partial charge >= 0.3 is 0 Å². The Morgan fingerprint density at radius 3 is 1.30 bits per heavy atom. The Morgan fingerprint density at radius 2 is 0.950 bits per heavy atom. The molecule has 0 atom stereocenters. The highest BCUT2D eigenvalue weighted by atomic mass is 16.0. The van der Waals surface area contributed by atoms with Crippen LogP contribution in [-0.2, 0) is 0 Å². The van der Waals surface area contributed by atoms with E-state index in [9.17, 15) is 0 Å². The van der Waals surface area contributed by atoms with Gasteiger partial charge in [0.15, 0.2) is 0 Å². The molecule has 0 saturated carbocycles. The van der Waals surface area contributed by atoms with E-state index in [1.54, 1.807) is 0 Å². The van der Waals surface area contributed by atoms with Crippen LogP contribution in [0.3, 0.4) is 0 Å². The van der Waals surface area contributed by atoms with Crippen LogP contribution in [0.1, 0.15) is 103 Å². The zero-order valence-corrected chi connectivity index (χ0v) is 13.9. The van der Waals surface area contributed by atoms with Gasteiger partial charge in [-0.3, -0.25) is 0 Å². The molecule has 0 amide bonds. The maximum Gasteiger partial charge on any atom is 0.0868 e. The van der Waals surface area contributed by atoms with Crippen LogP contribution in [-0.4, -0.2) is 5.48 Å². The number of quaternary nitrogens is 1. The summed E-state index contributed by atoms with van der Waals surface area (Å²) in [5.74, 6) is 0. The number of rotatable bonds is 15. The Bertz CT molecular complexity index is 180. The van der Waals surface area contributed by atoms with E-state index in [1.165, 1.54) is 96.3 Å². The fourth-order valence-corrected chi connectivity index (χ4v) is 2.57. The van der Waals surface area contributed by atoms with E-state index in [4.69, 9.17) is 0 Å². The van der Waals surface area contributed by atoms with Crippen molar-refractivity contribution in [1.82, 2.24) is 0 Å². The Balaban J connectivity index is 0. The van der Waals surface area contributed by atoms with Gasteiger partial charge in [-0.25, -0.2) is 0 Å². The molecule has 0 aliphatic carbocycles. The minimum absolute atomic E-state index is 0. The summed E-state index contributed by atoms with van der Waals surface area (Å²) in [5.41, 5.74) is 3.71. The highest BCUT2D eigenvalue weighted by Gasteiger charge is 1.93. The first-order valence-electron chi connectivity index (χ1n) is 8.86. The van der Waals surface area contributed by atoms with Gasteiger partial charge in [0.1, 0.15) is 0 Å². The van der Waals surface area contributed by atoms with Crippen molar-refractivity contribution < 1.29 is 11.2 Å². The average Bonchev–Trinajstić information content (AvgIpc) is 2.43. The Morgan fingerprint density at radius 1 is 0.600 bits per heavy atom. The van der Waals surface area contributed by atoms with E-state index in [-0.39, 0.29) is 5.48 Å². The molecule has 0 fully saturated rings. The van der Waals surface area contributed by atoms with Gasteiger partial charge in [-0.1, -0.05) is 90.4 Å². The second-order valence-corrected chi connectivity index (χ2v) is 5.86. The molecule has 0 aliphatic rings. The van der Waals surface area contributed by atoms with Crippen molar-refractivity contribution in [3.8, 4) is 0 Å². The Kier molecular flexibility index (Phi) is 23.0. The molecule has 20 heavy (non-hydrogen) atoms. The van der Waals surface area contributed by atoms with E-state index in [0.29, 0.717) is 0 Å². The van der Waals surface area contributed by atoms with E-state index in [2.05, 4.69) is 18.7 Å². The summed E-state index contributed by atoms with van der Waals surface area (Å²) in [4.78, 5) is 0. The lowest BCUT2D eigenvalue weighted by molar-refractivity contribution is -0.275. The van der Waals surface area contributed by atoms with Crippen molar-refractivity contribution in [2.75, 3.05) is 0 Å². The van der Waals surface area contributed by atoms with Crippen LogP contribution in [0.2, 0.25) is 0 Å². The summed E-state index contributed by atoms with van der Waals surface area (Å²) in [7, 11) is 0. The van der Waals surface area contributed by atoms with Crippen LogP contribution < -0.4 is 5.73 Å². The van der Waals surface area contributed by atoms with Gasteiger partial charge in [-0.05, 0) is 18.9 Å². The first-order chi connectivity index (χ1) is 9.41. The van der Waals surface area contributed by atoms with Crippen LogP contribution in [0, 0.1) is 0 Å². The lowest BCUT2D eigenvalue weighted by Crippen LogP contribution is -2.39. The van der Waals surface area contributed by atoms with Crippen LogP contribution >= 0.6 is 0 Å². The van der Waals surface area contributed by atoms with Crippen LogP contribution in [0.4, 0.5) is 0 Å². The molecular formula is C18H39NO. The fourth-order valence-electron chi connectivity index (χ4n) is 2.57. The standard InChI is InChI=1S/C18H37N.H2O/c1-2-3-4-5-6-7-8-9-10-11-12-13-14-15-16-17-18-19;/h17-18H,2-16,19H2,1H3;1H2/b18-17+;. The van der Waals surface area contributed by atoms with Gasteiger partial charge in [0.2, 0.25) is 0 Å². The SMILES string of the molecule is CCCCCCCCCCCCCCCC/C=C/[NH3+].[OH-]. The fraction of sp³-hybridized carbons (Fsp3) is 0.889. The van der Waals surface area contributed by atoms with Crippen LogP contribution in [0.5, 0.6) is 0 Å². The van der Waals surface area contributed by atoms with Gasteiger partial charge < -0.3 is 11.2 Å². The normalized spacial score (nSPS) is 10.9. The second kappa shape index (κ2) is 21.0. The smallest absolute Gasteiger partial charge is 0.0868 e. The summed E-state index contributed by atoms with van der Waals surface area (Å²) >= 11 is 0. The zero-order valence-electron chi connectivity index (χ0n) is 13.9. The van der Waals surface area contributed by atoms with Gasteiger partial charge in [-0.2, -0.15) is 0 Å². The summed E-state index contributed by atoms with van der Waals surface area (Å²) < 4.78 is 0. The van der Waals surface area contributed by atoms with E-state index < -0.39 is 0 Å². The lowest BCUT2D eigenvalue weighted by atomic mass is 10.0. The predicted octanol–water partition coefficient (Wildman–Crippen LogP) is 5.44. The highest BCUT2D eigenvalue weighted by molar-refractivity contribution is 4.69. The average molecular weight is 286 g/mol. The van der Waals surface area contributed by atoms with E-state index in [0.717, 1.165) is 0 Å². The molecule has 2 nitrogen and oxygen atoms in total. The van der Waals surface area contributed by atoms with Gasteiger partial charge in [0.05, 0.1) is 6.20 Å². The molecule has 0 bridgehead atoms. The number of allylic oxidation sites excluding steroid dienone is 1. The molecule has 0 aliphatic heterocycles. The molecule has 0 aromatic heterocycles. The monoisotopic (exact) mass is 285 g/mol. The third-order valence-electron chi connectivity index (χ3n) is 3.89. The molecule has 2 heteroatoms. The first-order valence-corrected chi connectivity index (χ1v) is 8.86. The quantitative estimate of drug-likeness (QED) is 0.400. The van der Waals surface area contributed by atoms with Crippen molar-refractivity contribution in [3.05, 3.63) is 12.3 Å². The van der Waals surface area contributed by atoms with Crippen molar-refractivity contribution >= 4 is 0 Å². The third-order valence-corrected chi connectivity index (χ3v) is 3.89. The van der Waals surface area contributed by atoms with Gasteiger partial charge in [0.25, 0.3) is 0 Å². The minimum atomic E-state index is 0. The molecule has 0 rings (SSSR count). The Labute approximate surface area is 127 Å². The zero-order chi connectivity index (χ0) is 14.0. The second-order valence-electron chi connectivity index (χ2n) is 5.86. The summed E-state index contributed by atoms with van der Waals surface area (Å²) in [6, 6.07) is 0. The van der Waals surface area contributed by atoms with Gasteiger partial charge in [-0.15, -0.1) is 0 Å². The molecule has 122 valence electrons. The number of unbranched alkanes of at least 4 members (excludes halogenated alkanes) is 14. The molecular weight excluding hydrogens is 246 g/mol. The van der Waals surface area contributed by atoms with Crippen LogP contribution in [0.25, 0.3) is 0 Å². The molecule has 0 unspecified atom stereocenters. The molecule has 0 heterocycles. The maximum absolute atomic E-state index is 3.71. The molecule has 0 spiro atoms. The predicted molar refractivity (Wildman–Crippen MR) is 88.9 cm³/mol. The number of hydrogen-bond donors (Lipinski definition) is 1. The first kappa shape index (κ1) is 21.9. The molecule has 0 aromatic rings. The van der Waals surface area contributed by atoms with Crippen molar-refractivity contribution in [3.63, 3.8) is 0 Å². The highest BCUT2D eigenvalue weighted by Crippen LogP contribution is 2.13.